The van der Waals surface area contributed by atoms with Crippen molar-refractivity contribution >= 4 is 22.8 Å². The van der Waals surface area contributed by atoms with Crippen LogP contribution in [0.15, 0.2) is 22.3 Å². The van der Waals surface area contributed by atoms with Crippen molar-refractivity contribution in [3.05, 3.63) is 23.0 Å². The van der Waals surface area contributed by atoms with E-state index in [4.69, 9.17) is 4.74 Å². The first-order chi connectivity index (χ1) is 12.3. The van der Waals surface area contributed by atoms with Crippen LogP contribution in [0.5, 0.6) is 0 Å². The van der Waals surface area contributed by atoms with Crippen LogP contribution in [-0.2, 0) is 16.1 Å². The Bertz CT molecular complexity index is 760. The first-order valence-corrected chi connectivity index (χ1v) is 9.64. The number of ether oxygens (including phenoxy) is 1. The van der Waals surface area contributed by atoms with Gasteiger partial charge < -0.3 is 14.5 Å². The van der Waals surface area contributed by atoms with Crippen LogP contribution in [0, 0.1) is 0 Å². The molecule has 132 valence electrons. The molecule has 9 heteroatoms. The fourth-order valence-corrected chi connectivity index (χ4v) is 4.90. The van der Waals surface area contributed by atoms with Crippen molar-refractivity contribution in [3.63, 3.8) is 0 Å². The molecule has 1 fully saturated rings. The number of amides is 1. The number of piperidine rings is 1. The second-order valence-electron chi connectivity index (χ2n) is 6.79. The summed E-state index contributed by atoms with van der Waals surface area (Å²) in [7, 11) is 0. The number of aromatic nitrogens is 3. The van der Waals surface area contributed by atoms with E-state index >= 15 is 0 Å². The number of aliphatic imine (C=N–C) groups is 1. The van der Waals surface area contributed by atoms with Crippen molar-refractivity contribution in [1.82, 2.24) is 24.8 Å². The topological polar surface area (TPSA) is 75.8 Å². The molecule has 4 aliphatic rings. The van der Waals surface area contributed by atoms with Crippen molar-refractivity contribution in [3.8, 4) is 0 Å². The molecule has 1 aromatic rings. The molecule has 0 bridgehead atoms. The van der Waals surface area contributed by atoms with Crippen LogP contribution in [0.2, 0.25) is 0 Å². The Hall–Kier alpha value is -1.87. The number of hydrogen-bond acceptors (Lipinski definition) is 7. The lowest BCUT2D eigenvalue weighted by Gasteiger charge is -2.41. The molecule has 5 heterocycles. The predicted octanol–water partition coefficient (Wildman–Crippen LogP) is 0.990. The van der Waals surface area contributed by atoms with Gasteiger partial charge in [-0.2, -0.15) is 0 Å². The van der Waals surface area contributed by atoms with Gasteiger partial charge in [-0.1, -0.05) is 17.0 Å². The van der Waals surface area contributed by atoms with Gasteiger partial charge in [0, 0.05) is 31.9 Å². The van der Waals surface area contributed by atoms with Gasteiger partial charge in [-0.25, -0.2) is 4.68 Å². The monoisotopic (exact) mass is 360 g/mol. The molecular weight excluding hydrogens is 340 g/mol. The Morgan fingerprint density at radius 1 is 1.40 bits per heavy atom. The van der Waals surface area contributed by atoms with E-state index in [-0.39, 0.29) is 18.1 Å². The van der Waals surface area contributed by atoms with Gasteiger partial charge in [0.25, 0.3) is 0 Å². The zero-order valence-corrected chi connectivity index (χ0v) is 14.7. The summed E-state index contributed by atoms with van der Waals surface area (Å²) in [5, 5.41) is 11.3. The summed E-state index contributed by atoms with van der Waals surface area (Å²) in [6.07, 6.45) is 4.21. The van der Waals surface area contributed by atoms with Gasteiger partial charge in [-0.05, 0) is 18.2 Å². The van der Waals surface area contributed by atoms with Crippen LogP contribution >= 0.6 is 11.8 Å². The van der Waals surface area contributed by atoms with Crippen LogP contribution in [0.3, 0.4) is 0 Å². The van der Waals surface area contributed by atoms with Gasteiger partial charge in [0.15, 0.2) is 5.17 Å². The second kappa shape index (κ2) is 6.14. The molecule has 1 aromatic heterocycles. The average molecular weight is 360 g/mol. The number of likely N-dealkylation sites (tertiary alicyclic amines) is 1. The lowest BCUT2D eigenvalue weighted by atomic mass is 10.00. The number of carbonyl (C=O) groups is 1. The first kappa shape index (κ1) is 15.4. The SMILES string of the molecule is O=C(CC1=CSC2=NCCCN12)N1CCC2OCc3cnnn3C2C1. The summed E-state index contributed by atoms with van der Waals surface area (Å²) in [4.78, 5) is 21.5. The molecule has 8 nitrogen and oxygen atoms in total. The van der Waals surface area contributed by atoms with Gasteiger partial charge in [0.2, 0.25) is 5.91 Å². The lowest BCUT2D eigenvalue weighted by molar-refractivity contribution is -0.137. The van der Waals surface area contributed by atoms with E-state index in [0.29, 0.717) is 19.6 Å². The Morgan fingerprint density at radius 3 is 3.32 bits per heavy atom. The minimum Gasteiger partial charge on any atom is -0.370 e. The quantitative estimate of drug-likeness (QED) is 0.783. The number of hydrogen-bond donors (Lipinski definition) is 0. The number of carbonyl (C=O) groups excluding carboxylic acids is 1. The molecule has 0 aromatic carbocycles. The molecule has 0 radical (unpaired) electrons. The third-order valence-electron chi connectivity index (χ3n) is 5.28. The van der Waals surface area contributed by atoms with E-state index in [9.17, 15) is 4.79 Å². The molecule has 5 rings (SSSR count). The van der Waals surface area contributed by atoms with E-state index in [1.807, 2.05) is 9.58 Å². The van der Waals surface area contributed by atoms with Crippen molar-refractivity contribution in [2.24, 2.45) is 4.99 Å². The summed E-state index contributed by atoms with van der Waals surface area (Å²) in [5.74, 6) is 0.171. The predicted molar refractivity (Wildman–Crippen MR) is 92.7 cm³/mol. The number of thioether (sulfide) groups is 1. The van der Waals surface area contributed by atoms with Gasteiger partial charge in [0.1, 0.15) is 0 Å². The molecule has 0 spiro atoms. The van der Waals surface area contributed by atoms with E-state index in [2.05, 4.69) is 25.6 Å². The normalized spacial score (nSPS) is 28.0. The van der Waals surface area contributed by atoms with E-state index in [1.165, 1.54) is 0 Å². The zero-order chi connectivity index (χ0) is 16.8. The van der Waals surface area contributed by atoms with Crippen molar-refractivity contribution in [2.45, 2.75) is 38.0 Å². The lowest BCUT2D eigenvalue weighted by Crippen LogP contribution is -2.50. The highest BCUT2D eigenvalue weighted by molar-refractivity contribution is 8.16. The van der Waals surface area contributed by atoms with Gasteiger partial charge >= 0.3 is 0 Å². The van der Waals surface area contributed by atoms with Crippen molar-refractivity contribution in [2.75, 3.05) is 26.2 Å². The van der Waals surface area contributed by atoms with Crippen molar-refractivity contribution in [1.29, 1.82) is 0 Å². The molecule has 2 atom stereocenters. The highest BCUT2D eigenvalue weighted by atomic mass is 32.2. The molecule has 0 N–H and O–H groups in total. The van der Waals surface area contributed by atoms with Crippen LogP contribution in [-0.4, -0.2) is 68.2 Å². The Morgan fingerprint density at radius 2 is 2.36 bits per heavy atom. The summed E-state index contributed by atoms with van der Waals surface area (Å²) in [6, 6.07) is 0.0722. The summed E-state index contributed by atoms with van der Waals surface area (Å²) in [6.45, 7) is 3.80. The average Bonchev–Trinajstić information content (AvgIpc) is 3.28. The molecule has 0 saturated carbocycles. The maximum Gasteiger partial charge on any atom is 0.228 e. The Kier molecular flexibility index (Phi) is 3.78. The van der Waals surface area contributed by atoms with Crippen LogP contribution in [0.1, 0.15) is 31.0 Å². The Balaban J connectivity index is 1.28. The van der Waals surface area contributed by atoms with Crippen LogP contribution in [0.25, 0.3) is 0 Å². The van der Waals surface area contributed by atoms with Crippen molar-refractivity contribution < 1.29 is 9.53 Å². The second-order valence-corrected chi connectivity index (χ2v) is 7.63. The molecule has 2 unspecified atom stereocenters. The summed E-state index contributed by atoms with van der Waals surface area (Å²) in [5.41, 5.74) is 2.07. The number of amidine groups is 1. The number of nitrogens with zero attached hydrogens (tertiary/aromatic N) is 6. The molecule has 1 amide bonds. The maximum atomic E-state index is 12.9. The maximum absolute atomic E-state index is 12.9. The van der Waals surface area contributed by atoms with E-state index < -0.39 is 0 Å². The smallest absolute Gasteiger partial charge is 0.228 e. The van der Waals surface area contributed by atoms with Gasteiger partial charge in [-0.15, -0.1) is 5.10 Å². The zero-order valence-electron chi connectivity index (χ0n) is 13.9. The third kappa shape index (κ3) is 2.65. The van der Waals surface area contributed by atoms with Crippen LogP contribution in [0.4, 0.5) is 0 Å². The number of fused-ring (bicyclic) bond motifs is 4. The largest absolute Gasteiger partial charge is 0.370 e. The fourth-order valence-electron chi connectivity index (χ4n) is 3.95. The molecule has 1 saturated heterocycles. The third-order valence-corrected chi connectivity index (χ3v) is 6.23. The van der Waals surface area contributed by atoms with E-state index in [1.54, 1.807) is 18.0 Å². The van der Waals surface area contributed by atoms with Crippen LogP contribution < -0.4 is 0 Å². The molecular formula is C16H20N6O2S. The molecule has 0 aliphatic carbocycles. The Labute approximate surface area is 149 Å². The van der Waals surface area contributed by atoms with Gasteiger partial charge in [0.05, 0.1) is 37.1 Å². The molecule has 25 heavy (non-hydrogen) atoms. The highest BCUT2D eigenvalue weighted by Crippen LogP contribution is 2.33. The summed E-state index contributed by atoms with van der Waals surface area (Å²) < 4.78 is 7.86. The fraction of sp³-hybridized carbons (Fsp3) is 0.625. The standard InChI is InChI=1S/C16H20N6O2S/c23-15(6-11-10-25-16-17-3-1-4-21(11)16)20-5-2-14-13(8-20)22-12(9-24-14)7-18-19-22/h7,10,13-14H,1-6,8-9H2. The minimum absolute atomic E-state index is 0.0722. The number of rotatable bonds is 2. The van der Waals surface area contributed by atoms with Gasteiger partial charge in [-0.3, -0.25) is 9.79 Å². The summed E-state index contributed by atoms with van der Waals surface area (Å²) >= 11 is 1.63. The van der Waals surface area contributed by atoms with E-state index in [0.717, 1.165) is 49.0 Å². The first-order valence-electron chi connectivity index (χ1n) is 8.76. The minimum atomic E-state index is 0.0722. The molecule has 4 aliphatic heterocycles. The highest BCUT2D eigenvalue weighted by Gasteiger charge is 2.38.